The third-order valence-electron chi connectivity index (χ3n) is 4.73. The number of hydrogen-bond donors (Lipinski definition) is 2. The molecule has 0 radical (unpaired) electrons. The number of fused-ring (bicyclic) bond motifs is 1. The standard InChI is InChI=1S/C20H26N4O4/c1-12(2)28-20(27)22-18-7-13(3)24(14(4)26)19-6-5-16(8-17(18)19)23-9-15(10-25)21-11-23/h5-6,8-9,11-13,18,25H,7,10H2,1-4H3,(H,22,27)/t13-,18+/m0/s1. The van der Waals surface area contributed by atoms with Crippen LogP contribution in [0.15, 0.2) is 30.7 Å². The van der Waals surface area contributed by atoms with E-state index in [1.54, 1.807) is 42.8 Å². The number of amides is 2. The summed E-state index contributed by atoms with van der Waals surface area (Å²) in [6.45, 7) is 6.95. The van der Waals surface area contributed by atoms with Gasteiger partial charge in [0.15, 0.2) is 0 Å². The summed E-state index contributed by atoms with van der Waals surface area (Å²) in [5, 5.41) is 12.2. The summed E-state index contributed by atoms with van der Waals surface area (Å²) < 4.78 is 7.03. The maximum absolute atomic E-state index is 12.2. The van der Waals surface area contributed by atoms with Gasteiger partial charge >= 0.3 is 6.09 Å². The Morgan fingerprint density at radius 1 is 1.39 bits per heavy atom. The van der Waals surface area contributed by atoms with Crippen molar-refractivity contribution < 1.29 is 19.4 Å². The number of imidazole rings is 1. The minimum atomic E-state index is -0.481. The molecule has 0 unspecified atom stereocenters. The Morgan fingerprint density at radius 2 is 2.14 bits per heavy atom. The van der Waals surface area contributed by atoms with E-state index in [1.807, 2.05) is 25.1 Å². The van der Waals surface area contributed by atoms with Crippen LogP contribution < -0.4 is 10.2 Å². The molecule has 150 valence electrons. The molecule has 2 aromatic rings. The SMILES string of the molecule is CC(=O)N1c2ccc(-n3cnc(CO)c3)cc2[C@H](NC(=O)OC(C)C)C[C@@H]1C. The first-order valence-electron chi connectivity index (χ1n) is 9.35. The Hall–Kier alpha value is -2.87. The molecule has 1 aliphatic rings. The van der Waals surface area contributed by atoms with Crippen molar-refractivity contribution in [1.29, 1.82) is 0 Å². The number of benzene rings is 1. The number of nitrogens with one attached hydrogen (secondary N) is 1. The van der Waals surface area contributed by atoms with E-state index in [2.05, 4.69) is 10.3 Å². The molecule has 3 rings (SSSR count). The molecule has 8 heteroatoms. The molecule has 0 fully saturated rings. The lowest BCUT2D eigenvalue weighted by Crippen LogP contribution is -2.45. The predicted molar refractivity (Wildman–Crippen MR) is 104 cm³/mol. The highest BCUT2D eigenvalue weighted by Crippen LogP contribution is 2.38. The first-order chi connectivity index (χ1) is 13.3. The molecule has 2 heterocycles. The number of anilines is 1. The summed E-state index contributed by atoms with van der Waals surface area (Å²) in [6, 6.07) is 5.35. The van der Waals surface area contributed by atoms with Gasteiger partial charge in [-0.15, -0.1) is 0 Å². The highest BCUT2D eigenvalue weighted by Gasteiger charge is 2.33. The van der Waals surface area contributed by atoms with E-state index in [-0.39, 0.29) is 30.7 Å². The third-order valence-corrected chi connectivity index (χ3v) is 4.73. The van der Waals surface area contributed by atoms with E-state index in [0.29, 0.717) is 12.1 Å². The molecule has 2 N–H and O–H groups in total. The highest BCUT2D eigenvalue weighted by molar-refractivity contribution is 5.94. The number of carbonyl (C=O) groups excluding carboxylic acids is 2. The van der Waals surface area contributed by atoms with Crippen LogP contribution in [-0.2, 0) is 16.1 Å². The number of aromatic nitrogens is 2. The van der Waals surface area contributed by atoms with E-state index in [1.165, 1.54) is 0 Å². The average molecular weight is 386 g/mol. The van der Waals surface area contributed by atoms with Crippen LogP contribution in [0, 0.1) is 0 Å². The van der Waals surface area contributed by atoms with E-state index < -0.39 is 6.09 Å². The Labute approximate surface area is 164 Å². The monoisotopic (exact) mass is 386 g/mol. The van der Waals surface area contributed by atoms with Gasteiger partial charge in [0.05, 0.1) is 30.8 Å². The Kier molecular flexibility index (Phi) is 5.69. The van der Waals surface area contributed by atoms with Gasteiger partial charge in [0, 0.05) is 36.1 Å². The van der Waals surface area contributed by atoms with Crippen LogP contribution in [0.1, 0.15) is 51.4 Å². The van der Waals surface area contributed by atoms with Gasteiger partial charge in [-0.25, -0.2) is 9.78 Å². The van der Waals surface area contributed by atoms with Crippen molar-refractivity contribution in [3.8, 4) is 5.69 Å². The molecule has 0 bridgehead atoms. The second kappa shape index (κ2) is 8.02. The van der Waals surface area contributed by atoms with Crippen LogP contribution in [0.2, 0.25) is 0 Å². The second-order valence-corrected chi connectivity index (χ2v) is 7.30. The van der Waals surface area contributed by atoms with Crippen molar-refractivity contribution in [3.05, 3.63) is 42.0 Å². The quantitative estimate of drug-likeness (QED) is 0.842. The van der Waals surface area contributed by atoms with Crippen LogP contribution >= 0.6 is 0 Å². The van der Waals surface area contributed by atoms with Gasteiger partial charge in [0.25, 0.3) is 0 Å². The molecule has 0 aliphatic carbocycles. The molecule has 0 spiro atoms. The summed E-state index contributed by atoms with van der Waals surface area (Å²) in [7, 11) is 0. The lowest BCUT2D eigenvalue weighted by molar-refractivity contribution is -0.117. The van der Waals surface area contributed by atoms with Crippen molar-refractivity contribution in [3.63, 3.8) is 0 Å². The molecule has 2 amide bonds. The van der Waals surface area contributed by atoms with Gasteiger partial charge in [0.1, 0.15) is 0 Å². The van der Waals surface area contributed by atoms with E-state index in [0.717, 1.165) is 16.9 Å². The molecule has 28 heavy (non-hydrogen) atoms. The van der Waals surface area contributed by atoms with Crippen molar-refractivity contribution in [2.24, 2.45) is 0 Å². The summed E-state index contributed by atoms with van der Waals surface area (Å²) in [5.74, 6) is -0.0464. The number of aliphatic hydroxyl groups excluding tert-OH is 1. The fourth-order valence-electron chi connectivity index (χ4n) is 3.61. The Bertz CT molecular complexity index is 877. The minimum absolute atomic E-state index is 0.0464. The highest BCUT2D eigenvalue weighted by atomic mass is 16.6. The summed E-state index contributed by atoms with van der Waals surface area (Å²) in [4.78, 5) is 30.3. The first kappa shape index (κ1) is 19.9. The largest absolute Gasteiger partial charge is 0.447 e. The van der Waals surface area contributed by atoms with Gasteiger partial charge in [-0.1, -0.05) is 0 Å². The number of nitrogens with zero attached hydrogens (tertiary/aromatic N) is 3. The van der Waals surface area contributed by atoms with E-state index in [4.69, 9.17) is 4.74 Å². The van der Waals surface area contributed by atoms with E-state index in [9.17, 15) is 14.7 Å². The fraction of sp³-hybridized carbons (Fsp3) is 0.450. The maximum atomic E-state index is 12.2. The van der Waals surface area contributed by atoms with Gasteiger partial charge in [-0.05, 0) is 45.4 Å². The molecule has 1 aromatic heterocycles. The van der Waals surface area contributed by atoms with Crippen LogP contribution in [0.4, 0.5) is 10.5 Å². The predicted octanol–water partition coefficient (Wildman–Crippen LogP) is 2.69. The Morgan fingerprint density at radius 3 is 2.75 bits per heavy atom. The molecule has 2 atom stereocenters. The summed E-state index contributed by atoms with van der Waals surface area (Å²) in [6.07, 6.45) is 3.24. The zero-order valence-corrected chi connectivity index (χ0v) is 16.5. The van der Waals surface area contributed by atoms with Gasteiger partial charge in [0.2, 0.25) is 5.91 Å². The van der Waals surface area contributed by atoms with Crippen LogP contribution in [0.25, 0.3) is 5.69 Å². The van der Waals surface area contributed by atoms with E-state index >= 15 is 0 Å². The number of rotatable bonds is 4. The zero-order chi connectivity index (χ0) is 20.4. The van der Waals surface area contributed by atoms with Gasteiger partial charge in [-0.2, -0.15) is 0 Å². The first-order valence-corrected chi connectivity index (χ1v) is 9.35. The van der Waals surface area contributed by atoms with Crippen molar-refractivity contribution in [2.75, 3.05) is 4.90 Å². The molecule has 0 saturated heterocycles. The number of hydrogen-bond acceptors (Lipinski definition) is 5. The van der Waals surface area contributed by atoms with Crippen LogP contribution in [-0.4, -0.2) is 38.8 Å². The fourth-order valence-corrected chi connectivity index (χ4v) is 3.61. The maximum Gasteiger partial charge on any atom is 0.407 e. The lowest BCUT2D eigenvalue weighted by Gasteiger charge is -2.39. The summed E-state index contributed by atoms with van der Waals surface area (Å²) >= 11 is 0. The molecule has 1 aliphatic heterocycles. The molecule has 8 nitrogen and oxygen atoms in total. The zero-order valence-electron chi connectivity index (χ0n) is 16.5. The normalized spacial score (nSPS) is 18.7. The summed E-state index contributed by atoms with van der Waals surface area (Å²) in [5.41, 5.74) is 3.00. The van der Waals surface area contributed by atoms with Crippen molar-refractivity contribution in [1.82, 2.24) is 14.9 Å². The molecular weight excluding hydrogens is 360 g/mol. The number of carbonyl (C=O) groups is 2. The molecule has 1 aromatic carbocycles. The lowest BCUT2D eigenvalue weighted by atomic mass is 9.91. The van der Waals surface area contributed by atoms with Crippen LogP contribution in [0.3, 0.4) is 0 Å². The number of alkyl carbamates (subject to hydrolysis) is 1. The second-order valence-electron chi connectivity index (χ2n) is 7.30. The van der Waals surface area contributed by atoms with Crippen molar-refractivity contribution in [2.45, 2.75) is 58.9 Å². The number of aliphatic hydroxyl groups is 1. The number of ether oxygens (including phenoxy) is 1. The molecular formula is C20H26N4O4. The van der Waals surface area contributed by atoms with Crippen LogP contribution in [0.5, 0.6) is 0 Å². The Balaban J connectivity index is 2.00. The third kappa shape index (κ3) is 4.01. The molecule has 0 saturated carbocycles. The average Bonchev–Trinajstić information content (AvgIpc) is 3.09. The van der Waals surface area contributed by atoms with Gasteiger partial charge in [-0.3, -0.25) is 4.79 Å². The smallest absolute Gasteiger partial charge is 0.407 e. The van der Waals surface area contributed by atoms with Gasteiger partial charge < -0.3 is 24.6 Å². The van der Waals surface area contributed by atoms with Crippen molar-refractivity contribution >= 4 is 17.7 Å². The minimum Gasteiger partial charge on any atom is -0.447 e. The topological polar surface area (TPSA) is 96.7 Å².